The molecule has 1 heteroatoms. The fourth-order valence-corrected chi connectivity index (χ4v) is 9.12. The first-order valence-corrected chi connectivity index (χ1v) is 17.7. The van der Waals surface area contributed by atoms with Crippen molar-refractivity contribution in [1.29, 1.82) is 0 Å². The Morgan fingerprint density at radius 3 is 1.37 bits per heavy atom. The first-order chi connectivity index (χ1) is 24.3. The SMILES string of the molecule is c1cc(-c2cccc3ccccc23)cc(-c2c3ccccc3c(-c3cccc(-c4cccc5c4sc4ccccc45)c3)c3ccccc23)c1. The van der Waals surface area contributed by atoms with Crippen molar-refractivity contribution in [2.45, 2.75) is 0 Å². The summed E-state index contributed by atoms with van der Waals surface area (Å²) in [5.74, 6) is 0. The van der Waals surface area contributed by atoms with Gasteiger partial charge in [0.1, 0.15) is 0 Å². The van der Waals surface area contributed by atoms with E-state index >= 15 is 0 Å². The molecule has 0 amide bonds. The third-order valence-electron chi connectivity index (χ3n) is 10.0. The van der Waals surface area contributed by atoms with E-state index in [-0.39, 0.29) is 0 Å². The minimum absolute atomic E-state index is 1.23. The van der Waals surface area contributed by atoms with Crippen molar-refractivity contribution >= 4 is 63.8 Å². The maximum Gasteiger partial charge on any atom is 0.0433 e. The van der Waals surface area contributed by atoms with Crippen LogP contribution in [-0.2, 0) is 0 Å². The second-order valence-electron chi connectivity index (χ2n) is 12.8. The molecule has 10 rings (SSSR count). The highest BCUT2D eigenvalue weighted by molar-refractivity contribution is 7.26. The first kappa shape index (κ1) is 28.0. The number of hydrogen-bond donors (Lipinski definition) is 0. The summed E-state index contributed by atoms with van der Waals surface area (Å²) in [5.41, 5.74) is 10.1. The highest BCUT2D eigenvalue weighted by Gasteiger charge is 2.18. The summed E-state index contributed by atoms with van der Waals surface area (Å²) in [6, 6.07) is 66.9. The van der Waals surface area contributed by atoms with Crippen LogP contribution in [0.1, 0.15) is 0 Å². The molecule has 49 heavy (non-hydrogen) atoms. The number of thiophene rings is 1. The van der Waals surface area contributed by atoms with Gasteiger partial charge in [0, 0.05) is 20.2 Å². The van der Waals surface area contributed by atoms with Crippen LogP contribution < -0.4 is 0 Å². The largest absolute Gasteiger partial charge is 0.135 e. The van der Waals surface area contributed by atoms with Gasteiger partial charge in [-0.2, -0.15) is 0 Å². The Morgan fingerprint density at radius 1 is 0.286 bits per heavy atom. The van der Waals surface area contributed by atoms with E-state index in [1.54, 1.807) is 0 Å². The van der Waals surface area contributed by atoms with E-state index in [4.69, 9.17) is 0 Å². The zero-order valence-electron chi connectivity index (χ0n) is 26.7. The maximum absolute atomic E-state index is 2.40. The zero-order valence-corrected chi connectivity index (χ0v) is 27.5. The molecule has 0 saturated heterocycles. The summed E-state index contributed by atoms with van der Waals surface area (Å²) >= 11 is 1.89. The molecular formula is C48H30S. The van der Waals surface area contributed by atoms with Gasteiger partial charge in [0.05, 0.1) is 0 Å². The van der Waals surface area contributed by atoms with Gasteiger partial charge in [-0.05, 0) is 95.0 Å². The number of hydrogen-bond acceptors (Lipinski definition) is 1. The van der Waals surface area contributed by atoms with E-state index in [1.165, 1.54) is 97.0 Å². The van der Waals surface area contributed by atoms with Gasteiger partial charge in [-0.1, -0.05) is 164 Å². The highest BCUT2D eigenvalue weighted by atomic mass is 32.1. The number of fused-ring (bicyclic) bond motifs is 6. The van der Waals surface area contributed by atoms with Crippen LogP contribution in [-0.4, -0.2) is 0 Å². The lowest BCUT2D eigenvalue weighted by atomic mass is 9.85. The molecule has 0 aliphatic carbocycles. The Hall–Kier alpha value is -6.02. The molecule has 0 aliphatic rings. The smallest absolute Gasteiger partial charge is 0.0433 e. The fraction of sp³-hybridized carbons (Fsp3) is 0. The Bertz CT molecular complexity index is 2830. The molecule has 228 valence electrons. The number of rotatable bonds is 4. The minimum atomic E-state index is 1.23. The second kappa shape index (κ2) is 11.3. The summed E-state index contributed by atoms with van der Waals surface area (Å²) in [5, 5.41) is 10.3. The molecule has 0 nitrogen and oxygen atoms in total. The van der Waals surface area contributed by atoms with Gasteiger partial charge >= 0.3 is 0 Å². The van der Waals surface area contributed by atoms with Crippen molar-refractivity contribution in [2.24, 2.45) is 0 Å². The lowest BCUT2D eigenvalue weighted by molar-refractivity contribution is 1.63. The van der Waals surface area contributed by atoms with Gasteiger partial charge in [-0.25, -0.2) is 0 Å². The second-order valence-corrected chi connectivity index (χ2v) is 13.9. The molecule has 0 unspecified atom stereocenters. The first-order valence-electron chi connectivity index (χ1n) is 16.8. The standard InChI is InChI=1S/C48H30S/c1-2-19-36-31(13-1)14-11-25-37(36)32-15-9-17-34(29-32)46-40-21-3-5-23-42(40)47(43-24-6-4-22-41(43)46)35-18-10-16-33(30-35)38-26-12-27-44-39-20-7-8-28-45(39)49-48(38)44/h1-30H. The molecule has 0 bridgehead atoms. The molecule has 0 fully saturated rings. The predicted octanol–water partition coefficient (Wildman–Crippen LogP) is 14.2. The van der Waals surface area contributed by atoms with Crippen molar-refractivity contribution in [2.75, 3.05) is 0 Å². The monoisotopic (exact) mass is 638 g/mol. The maximum atomic E-state index is 2.40. The van der Waals surface area contributed by atoms with Crippen molar-refractivity contribution in [3.8, 4) is 44.5 Å². The van der Waals surface area contributed by atoms with Crippen molar-refractivity contribution < 1.29 is 0 Å². The molecule has 0 spiro atoms. The Kier molecular flexibility index (Phi) is 6.47. The van der Waals surface area contributed by atoms with Crippen LogP contribution >= 0.6 is 11.3 Å². The molecule has 0 radical (unpaired) electrons. The zero-order chi connectivity index (χ0) is 32.3. The molecule has 1 heterocycles. The molecule has 9 aromatic carbocycles. The van der Waals surface area contributed by atoms with Gasteiger partial charge in [-0.3, -0.25) is 0 Å². The lowest BCUT2D eigenvalue weighted by Crippen LogP contribution is -1.91. The van der Waals surface area contributed by atoms with Crippen LogP contribution in [0, 0.1) is 0 Å². The fourth-order valence-electron chi connectivity index (χ4n) is 7.89. The molecule has 1 aromatic heterocycles. The van der Waals surface area contributed by atoms with E-state index in [9.17, 15) is 0 Å². The summed E-state index contributed by atoms with van der Waals surface area (Å²) in [6.07, 6.45) is 0. The van der Waals surface area contributed by atoms with Crippen LogP contribution in [0.5, 0.6) is 0 Å². The van der Waals surface area contributed by atoms with Crippen LogP contribution in [0.2, 0.25) is 0 Å². The molecule has 0 atom stereocenters. The van der Waals surface area contributed by atoms with Gasteiger partial charge in [-0.15, -0.1) is 11.3 Å². The Balaban J connectivity index is 1.19. The molecule has 0 aliphatic heterocycles. The van der Waals surface area contributed by atoms with Gasteiger partial charge in [0.15, 0.2) is 0 Å². The van der Waals surface area contributed by atoms with Crippen LogP contribution in [0.3, 0.4) is 0 Å². The number of benzene rings is 9. The van der Waals surface area contributed by atoms with Crippen molar-refractivity contribution in [3.63, 3.8) is 0 Å². The normalized spacial score (nSPS) is 11.7. The third kappa shape index (κ3) is 4.51. The topological polar surface area (TPSA) is 0 Å². The molecular weight excluding hydrogens is 609 g/mol. The van der Waals surface area contributed by atoms with E-state index in [2.05, 4.69) is 182 Å². The minimum Gasteiger partial charge on any atom is -0.135 e. The van der Waals surface area contributed by atoms with Crippen molar-refractivity contribution in [3.05, 3.63) is 182 Å². The van der Waals surface area contributed by atoms with Crippen LogP contribution in [0.4, 0.5) is 0 Å². The van der Waals surface area contributed by atoms with E-state index in [0.29, 0.717) is 0 Å². The molecule has 0 saturated carbocycles. The summed E-state index contributed by atoms with van der Waals surface area (Å²) in [6.45, 7) is 0. The summed E-state index contributed by atoms with van der Waals surface area (Å²) in [7, 11) is 0. The van der Waals surface area contributed by atoms with Crippen LogP contribution in [0.15, 0.2) is 182 Å². The lowest BCUT2D eigenvalue weighted by Gasteiger charge is -2.19. The highest BCUT2D eigenvalue weighted by Crippen LogP contribution is 2.46. The molecule has 10 aromatic rings. The van der Waals surface area contributed by atoms with Gasteiger partial charge in [0.2, 0.25) is 0 Å². The van der Waals surface area contributed by atoms with E-state index in [1.807, 2.05) is 11.3 Å². The van der Waals surface area contributed by atoms with E-state index in [0.717, 1.165) is 0 Å². The molecule has 0 N–H and O–H groups in total. The van der Waals surface area contributed by atoms with Crippen molar-refractivity contribution in [1.82, 2.24) is 0 Å². The average molecular weight is 639 g/mol. The van der Waals surface area contributed by atoms with Crippen LogP contribution in [0.25, 0.3) is 97.0 Å². The summed E-state index contributed by atoms with van der Waals surface area (Å²) < 4.78 is 2.68. The van der Waals surface area contributed by atoms with E-state index < -0.39 is 0 Å². The Labute approximate surface area is 289 Å². The van der Waals surface area contributed by atoms with Gasteiger partial charge < -0.3 is 0 Å². The van der Waals surface area contributed by atoms with Gasteiger partial charge in [0.25, 0.3) is 0 Å². The summed E-state index contributed by atoms with van der Waals surface area (Å²) in [4.78, 5) is 0. The predicted molar refractivity (Wildman–Crippen MR) is 214 cm³/mol. The Morgan fingerprint density at radius 2 is 0.714 bits per heavy atom. The third-order valence-corrected chi connectivity index (χ3v) is 11.3. The quantitative estimate of drug-likeness (QED) is 0.168. The average Bonchev–Trinajstić information content (AvgIpc) is 3.56.